The number of halogens is 2. The minimum absolute atomic E-state index is 0.117. The summed E-state index contributed by atoms with van der Waals surface area (Å²) < 4.78 is 26.7. The van der Waals surface area contributed by atoms with Crippen LogP contribution in [0.5, 0.6) is 0 Å². The summed E-state index contributed by atoms with van der Waals surface area (Å²) >= 11 is 12.2. The van der Waals surface area contributed by atoms with E-state index in [1.54, 1.807) is 0 Å². The van der Waals surface area contributed by atoms with Crippen molar-refractivity contribution in [2.75, 3.05) is 23.7 Å². The van der Waals surface area contributed by atoms with Crippen molar-refractivity contribution in [3.05, 3.63) is 99.5 Å². The number of rotatable bonds is 12. The fourth-order valence-corrected chi connectivity index (χ4v) is 5.37. The van der Waals surface area contributed by atoms with E-state index in [4.69, 9.17) is 23.2 Å². The highest BCUT2D eigenvalue weighted by molar-refractivity contribution is 7.92. The van der Waals surface area contributed by atoms with Gasteiger partial charge in [0.2, 0.25) is 21.8 Å². The average molecular weight is 605 g/mol. The molecule has 0 radical (unpaired) electrons. The summed E-state index contributed by atoms with van der Waals surface area (Å²) in [6.45, 7) is 5.96. The maximum absolute atomic E-state index is 14.1. The number of hydrogen-bond donors (Lipinski definition) is 1. The molecule has 0 fully saturated rings. The van der Waals surface area contributed by atoms with Crippen molar-refractivity contribution in [3.63, 3.8) is 0 Å². The summed E-state index contributed by atoms with van der Waals surface area (Å²) in [6.07, 6.45) is 1.28. The fourth-order valence-electron chi connectivity index (χ4n) is 4.24. The molecule has 2 amide bonds. The number of amides is 2. The van der Waals surface area contributed by atoms with E-state index in [2.05, 4.69) is 5.32 Å². The van der Waals surface area contributed by atoms with E-state index in [9.17, 15) is 18.0 Å². The lowest BCUT2D eigenvalue weighted by molar-refractivity contribution is -0.140. The van der Waals surface area contributed by atoms with Crippen LogP contribution in [0.15, 0.2) is 72.8 Å². The van der Waals surface area contributed by atoms with Crippen LogP contribution in [0, 0.1) is 12.8 Å². The summed E-state index contributed by atoms with van der Waals surface area (Å²) in [5.74, 6) is -0.629. The summed E-state index contributed by atoms with van der Waals surface area (Å²) in [5.41, 5.74) is 2.90. The zero-order valence-corrected chi connectivity index (χ0v) is 25.4. The first-order valence-corrected chi connectivity index (χ1v) is 15.5. The topological polar surface area (TPSA) is 86.8 Å². The van der Waals surface area contributed by atoms with E-state index >= 15 is 0 Å². The molecule has 0 saturated heterocycles. The Morgan fingerprint density at radius 3 is 2.17 bits per heavy atom. The molecule has 7 nitrogen and oxygen atoms in total. The molecule has 10 heteroatoms. The predicted octanol–water partition coefficient (Wildman–Crippen LogP) is 5.48. The first-order chi connectivity index (χ1) is 18.8. The maximum Gasteiger partial charge on any atom is 0.244 e. The number of carbonyl (C=O) groups is 2. The Labute approximate surface area is 247 Å². The van der Waals surface area contributed by atoms with Crippen LogP contribution in [0.1, 0.15) is 30.5 Å². The van der Waals surface area contributed by atoms with Crippen molar-refractivity contribution in [3.8, 4) is 0 Å². The summed E-state index contributed by atoms with van der Waals surface area (Å²) in [7, 11) is -3.90. The average Bonchev–Trinajstić information content (AvgIpc) is 2.89. The van der Waals surface area contributed by atoms with Crippen molar-refractivity contribution >= 4 is 50.7 Å². The molecule has 1 atom stereocenters. The molecule has 0 aromatic heterocycles. The minimum Gasteiger partial charge on any atom is -0.354 e. The number of carbonyl (C=O) groups excluding carboxylic acids is 2. The fraction of sp³-hybridized carbons (Fsp3) is 0.333. The van der Waals surface area contributed by atoms with Gasteiger partial charge in [-0.1, -0.05) is 97.2 Å². The van der Waals surface area contributed by atoms with Crippen LogP contribution in [0.25, 0.3) is 0 Å². The van der Waals surface area contributed by atoms with Crippen molar-refractivity contribution in [1.29, 1.82) is 0 Å². The monoisotopic (exact) mass is 603 g/mol. The Morgan fingerprint density at radius 1 is 0.900 bits per heavy atom. The van der Waals surface area contributed by atoms with Gasteiger partial charge in [-0.3, -0.25) is 13.9 Å². The van der Waals surface area contributed by atoms with Crippen LogP contribution >= 0.6 is 23.2 Å². The lowest BCUT2D eigenvalue weighted by Crippen LogP contribution is -2.53. The van der Waals surface area contributed by atoms with Crippen molar-refractivity contribution in [2.45, 2.75) is 39.8 Å². The van der Waals surface area contributed by atoms with Crippen LogP contribution in [0.2, 0.25) is 10.0 Å². The maximum atomic E-state index is 14.1. The molecule has 1 N–H and O–H groups in total. The number of nitrogens with zero attached hydrogens (tertiary/aromatic N) is 2. The largest absolute Gasteiger partial charge is 0.354 e. The van der Waals surface area contributed by atoms with Crippen LogP contribution < -0.4 is 9.62 Å². The van der Waals surface area contributed by atoms with Crippen LogP contribution in [0.4, 0.5) is 5.69 Å². The van der Waals surface area contributed by atoms with Crippen molar-refractivity contribution in [2.24, 2.45) is 5.92 Å². The van der Waals surface area contributed by atoms with Gasteiger partial charge in [-0.2, -0.15) is 0 Å². The normalized spacial score (nSPS) is 12.2. The van der Waals surface area contributed by atoms with Crippen LogP contribution in [-0.2, 0) is 32.6 Å². The number of sulfonamides is 1. The minimum atomic E-state index is -3.90. The van der Waals surface area contributed by atoms with Gasteiger partial charge < -0.3 is 10.2 Å². The number of nitrogens with one attached hydrogen (secondary N) is 1. The predicted molar refractivity (Wildman–Crippen MR) is 162 cm³/mol. The quantitative estimate of drug-likeness (QED) is 0.297. The third kappa shape index (κ3) is 8.98. The molecule has 3 aromatic carbocycles. The smallest absolute Gasteiger partial charge is 0.244 e. The first kappa shape index (κ1) is 31.5. The number of benzene rings is 3. The van der Waals surface area contributed by atoms with E-state index in [0.717, 1.165) is 27.3 Å². The SMILES string of the molecule is Cc1cccc(CN(C(=O)CN(c2ccc(Cl)c(Cl)c2)S(C)(=O)=O)C(Cc2ccccc2)C(=O)NCC(C)C)c1. The lowest BCUT2D eigenvalue weighted by atomic mass is 10.0. The number of anilines is 1. The Kier molecular flexibility index (Phi) is 11.0. The van der Waals surface area contributed by atoms with Crippen molar-refractivity contribution < 1.29 is 18.0 Å². The second kappa shape index (κ2) is 14.0. The van der Waals surface area contributed by atoms with Gasteiger partial charge in [0.1, 0.15) is 12.6 Å². The zero-order chi connectivity index (χ0) is 29.4. The lowest BCUT2D eigenvalue weighted by Gasteiger charge is -2.33. The zero-order valence-electron chi connectivity index (χ0n) is 23.1. The van der Waals surface area contributed by atoms with Gasteiger partial charge in [-0.05, 0) is 42.2 Å². The molecule has 0 aliphatic heterocycles. The van der Waals surface area contributed by atoms with Crippen LogP contribution in [0.3, 0.4) is 0 Å². The summed E-state index contributed by atoms with van der Waals surface area (Å²) in [5, 5.41) is 3.39. The number of aryl methyl sites for hydroxylation is 1. The van der Waals surface area contributed by atoms with Crippen molar-refractivity contribution in [1.82, 2.24) is 10.2 Å². The molecule has 0 bridgehead atoms. The molecule has 0 aliphatic rings. The second-order valence-electron chi connectivity index (χ2n) is 10.2. The van der Waals surface area contributed by atoms with Gasteiger partial charge >= 0.3 is 0 Å². The van der Waals surface area contributed by atoms with Crippen LogP contribution in [-0.4, -0.2) is 50.5 Å². The molecular weight excluding hydrogens is 569 g/mol. The number of hydrogen-bond acceptors (Lipinski definition) is 4. The Bertz CT molecular complexity index is 1430. The summed E-state index contributed by atoms with van der Waals surface area (Å²) in [6, 6.07) is 20.6. The molecule has 3 rings (SSSR count). The van der Waals surface area contributed by atoms with E-state index < -0.39 is 28.5 Å². The molecule has 3 aromatic rings. The molecule has 214 valence electrons. The van der Waals surface area contributed by atoms with Gasteiger partial charge in [0, 0.05) is 19.5 Å². The highest BCUT2D eigenvalue weighted by Gasteiger charge is 2.33. The third-order valence-corrected chi connectivity index (χ3v) is 8.14. The highest BCUT2D eigenvalue weighted by atomic mass is 35.5. The standard InChI is InChI=1S/C30H35Cl2N3O4S/c1-21(2)18-33-30(37)28(16-23-10-6-5-7-11-23)34(19-24-12-8-9-22(3)15-24)29(36)20-35(40(4,38)39)25-13-14-26(31)27(32)17-25/h5-15,17,21,28H,16,18-20H2,1-4H3,(H,33,37). The molecule has 0 spiro atoms. The van der Waals surface area contributed by atoms with Gasteiger partial charge in [-0.15, -0.1) is 0 Å². The van der Waals surface area contributed by atoms with E-state index in [-0.39, 0.29) is 40.5 Å². The molecule has 1 unspecified atom stereocenters. The second-order valence-corrected chi connectivity index (χ2v) is 12.9. The van der Waals surface area contributed by atoms with E-state index in [1.807, 2.05) is 75.4 Å². The van der Waals surface area contributed by atoms with Gasteiger partial charge in [0.05, 0.1) is 22.0 Å². The van der Waals surface area contributed by atoms with E-state index in [1.165, 1.54) is 23.1 Å². The molecular formula is C30H35Cl2N3O4S. The Hall–Kier alpha value is -3.07. The Balaban J connectivity index is 2.06. The molecule has 0 heterocycles. The van der Waals surface area contributed by atoms with Gasteiger partial charge in [-0.25, -0.2) is 8.42 Å². The molecule has 0 saturated carbocycles. The molecule has 0 aliphatic carbocycles. The summed E-state index contributed by atoms with van der Waals surface area (Å²) in [4.78, 5) is 29.2. The van der Waals surface area contributed by atoms with E-state index in [0.29, 0.717) is 6.54 Å². The first-order valence-electron chi connectivity index (χ1n) is 12.9. The van der Waals surface area contributed by atoms with Gasteiger partial charge in [0.25, 0.3) is 0 Å². The third-order valence-electron chi connectivity index (χ3n) is 6.26. The molecule has 40 heavy (non-hydrogen) atoms. The van der Waals surface area contributed by atoms with Gasteiger partial charge in [0.15, 0.2) is 0 Å². The Morgan fingerprint density at radius 2 is 1.57 bits per heavy atom. The highest BCUT2D eigenvalue weighted by Crippen LogP contribution is 2.29.